The highest BCUT2D eigenvalue weighted by Crippen LogP contribution is 2.47. The van der Waals surface area contributed by atoms with Gasteiger partial charge in [0.15, 0.2) is 6.10 Å². The van der Waals surface area contributed by atoms with Crippen molar-refractivity contribution >= 4 is 19.8 Å². The molecule has 0 aromatic heterocycles. The zero-order chi connectivity index (χ0) is 35.1. The highest BCUT2D eigenvalue weighted by molar-refractivity contribution is 7.47. The van der Waals surface area contributed by atoms with Crippen LogP contribution in [0.25, 0.3) is 0 Å². The van der Waals surface area contributed by atoms with E-state index in [9.17, 15) is 44.6 Å². The summed E-state index contributed by atoms with van der Waals surface area (Å²) in [6, 6.07) is 0. The summed E-state index contributed by atoms with van der Waals surface area (Å²) in [7, 11) is -5.07. The minimum Gasteiger partial charge on any atom is -0.462 e. The fourth-order valence-electron chi connectivity index (χ4n) is 5.04. The van der Waals surface area contributed by atoms with E-state index in [1.165, 1.54) is 51.4 Å². The second kappa shape index (κ2) is 25.3. The third-order valence-electron chi connectivity index (χ3n) is 7.85. The number of phosphoric ester groups is 1. The van der Waals surface area contributed by atoms with Crippen LogP contribution in [0.3, 0.4) is 0 Å². The maximum Gasteiger partial charge on any atom is 0.472 e. The van der Waals surface area contributed by atoms with Crippen molar-refractivity contribution in [3.8, 4) is 0 Å². The second-order valence-electron chi connectivity index (χ2n) is 12.1. The highest BCUT2D eigenvalue weighted by Gasteiger charge is 2.51. The number of phosphoric acid groups is 1. The third-order valence-corrected chi connectivity index (χ3v) is 8.84. The third kappa shape index (κ3) is 19.8. The average molecular weight is 695 g/mol. The van der Waals surface area contributed by atoms with Crippen LogP contribution in [0.1, 0.15) is 117 Å². The summed E-state index contributed by atoms with van der Waals surface area (Å²) < 4.78 is 32.2. The van der Waals surface area contributed by atoms with Crippen LogP contribution in [0, 0.1) is 0 Å². The van der Waals surface area contributed by atoms with E-state index in [0.29, 0.717) is 6.42 Å². The van der Waals surface area contributed by atoms with Gasteiger partial charge in [-0.1, -0.05) is 89.0 Å². The molecule has 0 heterocycles. The minimum atomic E-state index is -5.07. The first-order valence-corrected chi connectivity index (χ1v) is 18.6. The van der Waals surface area contributed by atoms with Gasteiger partial charge in [-0.15, -0.1) is 0 Å². The van der Waals surface area contributed by atoms with Crippen molar-refractivity contribution in [2.75, 3.05) is 13.2 Å². The molecule has 6 unspecified atom stereocenters. The van der Waals surface area contributed by atoms with E-state index in [4.69, 9.17) is 18.5 Å². The summed E-state index contributed by atoms with van der Waals surface area (Å²) in [5.41, 5.74) is 0. The van der Waals surface area contributed by atoms with Crippen LogP contribution >= 0.6 is 7.82 Å². The van der Waals surface area contributed by atoms with Gasteiger partial charge < -0.3 is 39.9 Å². The number of aliphatic hydroxyl groups is 5. The quantitative estimate of drug-likeness (QED) is 0.0326. The Morgan fingerprint density at radius 2 is 1.19 bits per heavy atom. The Morgan fingerprint density at radius 1 is 0.702 bits per heavy atom. The van der Waals surface area contributed by atoms with Crippen molar-refractivity contribution < 1.29 is 63.1 Å². The molecule has 13 nitrogen and oxygen atoms in total. The number of carbonyl (C=O) groups is 2. The molecule has 0 amide bonds. The van der Waals surface area contributed by atoms with E-state index >= 15 is 0 Å². The molecule has 0 bridgehead atoms. The van der Waals surface area contributed by atoms with E-state index in [1.54, 1.807) is 0 Å². The van der Waals surface area contributed by atoms with Gasteiger partial charge in [-0.3, -0.25) is 18.6 Å². The molecular weight excluding hydrogens is 635 g/mol. The molecule has 0 spiro atoms. The summed E-state index contributed by atoms with van der Waals surface area (Å²) >= 11 is 0. The lowest BCUT2D eigenvalue weighted by atomic mass is 9.85. The van der Waals surface area contributed by atoms with Gasteiger partial charge in [0.05, 0.1) is 6.61 Å². The predicted octanol–water partition coefficient (Wildman–Crippen LogP) is 4.16. The molecule has 1 aliphatic rings. The fraction of sp³-hybridized carbons (Fsp3) is 0.818. The summed E-state index contributed by atoms with van der Waals surface area (Å²) in [6.07, 6.45) is 12.5. The number of rotatable bonds is 26. The van der Waals surface area contributed by atoms with E-state index in [-0.39, 0.29) is 6.42 Å². The number of allylic oxidation sites excluding steroid dienone is 4. The molecule has 6 N–H and O–H groups in total. The number of carbonyl (C=O) groups excluding carboxylic acids is 2. The number of hydrogen-bond acceptors (Lipinski definition) is 12. The van der Waals surface area contributed by atoms with E-state index in [1.807, 2.05) is 0 Å². The molecule has 1 aliphatic carbocycles. The fourth-order valence-corrected chi connectivity index (χ4v) is 6.01. The summed E-state index contributed by atoms with van der Waals surface area (Å²) in [5, 5.41) is 49.3. The highest BCUT2D eigenvalue weighted by atomic mass is 31.2. The molecule has 0 aromatic rings. The topological polar surface area (TPSA) is 210 Å². The molecule has 1 saturated carbocycles. The molecule has 1 rings (SSSR count). The first-order valence-electron chi connectivity index (χ1n) is 17.1. The normalized spacial score (nSPS) is 25.2. The molecule has 0 aliphatic heterocycles. The Kier molecular flexibility index (Phi) is 23.4. The van der Waals surface area contributed by atoms with Crippen molar-refractivity contribution in [2.24, 2.45) is 0 Å². The summed E-state index contributed by atoms with van der Waals surface area (Å²) in [5.74, 6) is -1.30. The molecule has 1 fully saturated rings. The zero-order valence-corrected chi connectivity index (χ0v) is 29.0. The smallest absolute Gasteiger partial charge is 0.462 e. The van der Waals surface area contributed by atoms with Gasteiger partial charge in [-0.25, -0.2) is 4.57 Å². The lowest BCUT2D eigenvalue weighted by molar-refractivity contribution is -0.220. The molecule has 0 saturated heterocycles. The first-order chi connectivity index (χ1) is 22.4. The van der Waals surface area contributed by atoms with Crippen molar-refractivity contribution in [3.05, 3.63) is 24.3 Å². The van der Waals surface area contributed by atoms with Crippen LogP contribution in [0.2, 0.25) is 0 Å². The largest absolute Gasteiger partial charge is 0.472 e. The summed E-state index contributed by atoms with van der Waals surface area (Å²) in [6.45, 7) is 2.14. The van der Waals surface area contributed by atoms with Gasteiger partial charge >= 0.3 is 19.8 Å². The SMILES string of the molecule is CCCCC/C=C\C/C=C\CCCCCCCCCCCC(=O)OC(COC(C)=O)COP(=O)(O)OC1C(O)C(O)C(O)C(O)C1O. The minimum absolute atomic E-state index is 0.0879. The number of unbranched alkanes of at least 4 members (excludes halogenated alkanes) is 12. The van der Waals surface area contributed by atoms with Crippen LogP contribution in [-0.4, -0.2) is 98.3 Å². The van der Waals surface area contributed by atoms with Crippen LogP contribution in [0.5, 0.6) is 0 Å². The Balaban J connectivity index is 2.25. The van der Waals surface area contributed by atoms with Gasteiger partial charge in [0.2, 0.25) is 0 Å². The van der Waals surface area contributed by atoms with Gasteiger partial charge in [-0.2, -0.15) is 0 Å². The Bertz CT molecular complexity index is 943. The van der Waals surface area contributed by atoms with E-state index in [2.05, 4.69) is 31.2 Å². The van der Waals surface area contributed by atoms with Crippen LogP contribution < -0.4 is 0 Å². The van der Waals surface area contributed by atoms with Gasteiger partial charge in [0.25, 0.3) is 0 Å². The standard InChI is InChI=1S/C33H59O13P/c1-3-4-5-6-7-8-9-10-11-12-13-14-15-16-17-18-19-20-21-22-27(35)45-26(23-43-25(2)34)24-44-47(41,42)46-33-31(39)29(37)28(36)30(38)32(33)40/h7-8,10-11,26,28-33,36-40H,3-6,9,12-24H2,1-2H3,(H,41,42)/b8-7-,11-10-. The zero-order valence-electron chi connectivity index (χ0n) is 28.1. The lowest BCUT2D eigenvalue weighted by Crippen LogP contribution is -2.64. The summed E-state index contributed by atoms with van der Waals surface area (Å²) in [4.78, 5) is 33.7. The van der Waals surface area contributed by atoms with Crippen LogP contribution in [-0.2, 0) is 32.7 Å². The monoisotopic (exact) mass is 694 g/mol. The van der Waals surface area contributed by atoms with Gasteiger partial charge in [-0.05, 0) is 38.5 Å². The van der Waals surface area contributed by atoms with E-state index in [0.717, 1.165) is 45.4 Å². The van der Waals surface area contributed by atoms with E-state index < -0.39 is 75.7 Å². The molecule has 0 radical (unpaired) electrons. The van der Waals surface area contributed by atoms with Crippen molar-refractivity contribution in [1.82, 2.24) is 0 Å². The predicted molar refractivity (Wildman–Crippen MR) is 175 cm³/mol. The Labute approximate surface area is 279 Å². The maximum absolute atomic E-state index is 12.5. The molecule has 274 valence electrons. The number of hydrogen-bond donors (Lipinski definition) is 6. The number of ether oxygens (including phenoxy) is 2. The Hall–Kier alpha value is -1.67. The molecule has 0 aromatic carbocycles. The number of esters is 2. The lowest BCUT2D eigenvalue weighted by Gasteiger charge is -2.41. The van der Waals surface area contributed by atoms with Crippen molar-refractivity contribution in [2.45, 2.75) is 159 Å². The first kappa shape index (κ1) is 43.4. The van der Waals surface area contributed by atoms with Crippen molar-refractivity contribution in [3.63, 3.8) is 0 Å². The molecule has 14 heteroatoms. The van der Waals surface area contributed by atoms with Crippen LogP contribution in [0.15, 0.2) is 24.3 Å². The molecule has 6 atom stereocenters. The molecular formula is C33H59O13P. The maximum atomic E-state index is 12.5. The average Bonchev–Trinajstić information content (AvgIpc) is 3.03. The van der Waals surface area contributed by atoms with Crippen LogP contribution in [0.4, 0.5) is 0 Å². The van der Waals surface area contributed by atoms with Gasteiger partial charge in [0.1, 0.15) is 43.2 Å². The Morgan fingerprint density at radius 3 is 1.72 bits per heavy atom. The van der Waals surface area contributed by atoms with Crippen molar-refractivity contribution in [1.29, 1.82) is 0 Å². The molecule has 47 heavy (non-hydrogen) atoms. The number of aliphatic hydroxyl groups excluding tert-OH is 5. The second-order valence-corrected chi connectivity index (χ2v) is 13.5. The van der Waals surface area contributed by atoms with Gasteiger partial charge in [0, 0.05) is 13.3 Å².